The molecule has 0 aliphatic carbocycles. The molecule has 9 nitrogen and oxygen atoms in total. The van der Waals surface area contributed by atoms with Crippen molar-refractivity contribution >= 4 is 21.6 Å². The van der Waals surface area contributed by atoms with Crippen LogP contribution >= 0.6 is 0 Å². The van der Waals surface area contributed by atoms with Crippen LogP contribution in [0.15, 0.2) is 88.9 Å². The second-order valence-electron chi connectivity index (χ2n) is 8.35. The number of hydrogen-bond acceptors (Lipinski definition) is 7. The normalized spacial score (nSPS) is 18.2. The fourth-order valence-electron chi connectivity index (χ4n) is 4.07. The van der Waals surface area contributed by atoms with E-state index in [0.29, 0.717) is 11.3 Å². The molecular weight excluding hydrogens is 482 g/mol. The van der Waals surface area contributed by atoms with E-state index in [-0.39, 0.29) is 30.2 Å². The van der Waals surface area contributed by atoms with E-state index in [2.05, 4.69) is 10.5 Å². The number of aromatic hydroxyl groups is 1. The summed E-state index contributed by atoms with van der Waals surface area (Å²) < 4.78 is 28.1. The largest absolute Gasteiger partial charge is 0.508 e. The van der Waals surface area contributed by atoms with Gasteiger partial charge in [-0.05, 0) is 41.0 Å². The number of sulfonamides is 1. The van der Waals surface area contributed by atoms with Crippen LogP contribution in [-0.2, 0) is 19.7 Å². The van der Waals surface area contributed by atoms with E-state index in [1.165, 1.54) is 31.4 Å². The highest BCUT2D eigenvalue weighted by molar-refractivity contribution is 7.89. The highest BCUT2D eigenvalue weighted by Crippen LogP contribution is 2.28. The van der Waals surface area contributed by atoms with Crippen LogP contribution < -0.4 is 5.32 Å². The van der Waals surface area contributed by atoms with E-state index in [1.54, 1.807) is 24.3 Å². The van der Waals surface area contributed by atoms with Crippen LogP contribution in [0.1, 0.15) is 18.1 Å². The SMILES string of the molecule is CON=C1C[C@@H](C(=O)NCC(O)c2ccc(O)cc2)N(S(=O)(=O)c2ccc(-c3ccccc3)cc2)C1. The van der Waals surface area contributed by atoms with Gasteiger partial charge >= 0.3 is 0 Å². The summed E-state index contributed by atoms with van der Waals surface area (Å²) in [6, 6.07) is 21.0. The second kappa shape index (κ2) is 10.9. The Bertz CT molecular complexity index is 1330. The lowest BCUT2D eigenvalue weighted by molar-refractivity contribution is -0.124. The molecule has 0 bridgehead atoms. The van der Waals surface area contributed by atoms with Crippen molar-refractivity contribution in [2.24, 2.45) is 5.16 Å². The molecule has 10 heteroatoms. The first-order chi connectivity index (χ1) is 17.3. The van der Waals surface area contributed by atoms with Crippen LogP contribution in [0.5, 0.6) is 5.75 Å². The molecule has 3 aromatic carbocycles. The Morgan fingerprint density at radius 3 is 2.33 bits per heavy atom. The zero-order valence-electron chi connectivity index (χ0n) is 19.6. The average molecular weight is 510 g/mol. The molecule has 1 amide bonds. The fourth-order valence-corrected chi connectivity index (χ4v) is 5.64. The van der Waals surface area contributed by atoms with Gasteiger partial charge in [0.15, 0.2) is 0 Å². The number of phenols is 1. The van der Waals surface area contributed by atoms with Crippen LogP contribution in [0.2, 0.25) is 0 Å². The standard InChI is InChI=1S/C26H27N3O6S/c1-35-28-21-15-24(26(32)27-16-25(31)20-7-11-22(30)12-8-20)29(17-21)36(33,34)23-13-9-19(10-14-23)18-5-3-2-4-6-18/h2-14,24-25,30-31H,15-17H2,1H3,(H,27,32)/t24-,25?/m0/s1. The van der Waals surface area contributed by atoms with Gasteiger partial charge in [0, 0.05) is 13.0 Å². The van der Waals surface area contributed by atoms with Crippen molar-refractivity contribution in [2.75, 3.05) is 20.2 Å². The molecule has 1 aliphatic heterocycles. The minimum atomic E-state index is -4.03. The maximum Gasteiger partial charge on any atom is 0.244 e. The number of aliphatic hydroxyl groups is 1. The summed E-state index contributed by atoms with van der Waals surface area (Å²) in [5.41, 5.74) is 2.75. The van der Waals surface area contributed by atoms with Gasteiger partial charge in [0.25, 0.3) is 0 Å². The van der Waals surface area contributed by atoms with Gasteiger partial charge in [-0.15, -0.1) is 0 Å². The molecule has 1 heterocycles. The third kappa shape index (κ3) is 5.56. The molecule has 2 atom stereocenters. The van der Waals surface area contributed by atoms with E-state index < -0.39 is 28.1 Å². The molecule has 1 unspecified atom stereocenters. The summed E-state index contributed by atoms with van der Waals surface area (Å²) in [5.74, 6) is -0.498. The third-order valence-corrected chi connectivity index (χ3v) is 7.82. The maximum absolute atomic E-state index is 13.5. The van der Waals surface area contributed by atoms with E-state index in [0.717, 1.165) is 15.4 Å². The number of rotatable bonds is 8. The van der Waals surface area contributed by atoms with E-state index in [1.807, 2.05) is 30.3 Å². The predicted octanol–water partition coefficient (Wildman–Crippen LogP) is 2.67. The summed E-state index contributed by atoms with van der Waals surface area (Å²) in [7, 11) is -2.68. The highest BCUT2D eigenvalue weighted by Gasteiger charge is 2.42. The number of hydrogen-bond donors (Lipinski definition) is 3. The summed E-state index contributed by atoms with van der Waals surface area (Å²) in [5, 5.41) is 26.3. The van der Waals surface area contributed by atoms with Gasteiger partial charge in [-0.3, -0.25) is 4.79 Å². The van der Waals surface area contributed by atoms with Gasteiger partial charge in [-0.1, -0.05) is 59.8 Å². The Morgan fingerprint density at radius 2 is 1.69 bits per heavy atom. The maximum atomic E-state index is 13.5. The molecule has 1 aliphatic rings. The van der Waals surface area contributed by atoms with Gasteiger partial charge in [0.05, 0.1) is 23.3 Å². The number of phenolic OH excluding ortho intramolecular Hbond substituents is 1. The van der Waals surface area contributed by atoms with Crippen molar-refractivity contribution in [3.8, 4) is 16.9 Å². The molecule has 3 N–H and O–H groups in total. The Labute approximate surface area is 209 Å². The minimum Gasteiger partial charge on any atom is -0.508 e. The Hall–Kier alpha value is -3.73. The van der Waals surface area contributed by atoms with Crippen LogP contribution in [0.25, 0.3) is 11.1 Å². The number of oxime groups is 1. The summed E-state index contributed by atoms with van der Waals surface area (Å²) in [6.45, 7) is -0.217. The van der Waals surface area contributed by atoms with Gasteiger partial charge < -0.3 is 20.4 Å². The first-order valence-electron chi connectivity index (χ1n) is 11.3. The summed E-state index contributed by atoms with van der Waals surface area (Å²) >= 11 is 0. The van der Waals surface area contributed by atoms with Crippen molar-refractivity contribution in [1.29, 1.82) is 0 Å². The van der Waals surface area contributed by atoms with Gasteiger partial charge in [0.2, 0.25) is 15.9 Å². The Morgan fingerprint density at radius 1 is 1.06 bits per heavy atom. The third-order valence-electron chi connectivity index (χ3n) is 5.95. The quantitative estimate of drug-likeness (QED) is 0.401. The number of amides is 1. The Balaban J connectivity index is 1.52. The lowest BCUT2D eigenvalue weighted by Gasteiger charge is -2.23. The summed E-state index contributed by atoms with van der Waals surface area (Å²) in [4.78, 5) is 17.9. The van der Waals surface area contributed by atoms with Gasteiger partial charge in [-0.2, -0.15) is 4.31 Å². The molecule has 0 radical (unpaired) electrons. The van der Waals surface area contributed by atoms with Crippen molar-refractivity contribution < 1.29 is 28.3 Å². The van der Waals surface area contributed by atoms with E-state index in [9.17, 15) is 23.4 Å². The number of carbonyl (C=O) groups excluding carboxylic acids is 1. The number of benzene rings is 3. The van der Waals surface area contributed by atoms with Crippen LogP contribution in [0.3, 0.4) is 0 Å². The predicted molar refractivity (Wildman–Crippen MR) is 135 cm³/mol. The fraction of sp³-hybridized carbons (Fsp3) is 0.231. The number of nitrogens with one attached hydrogen (secondary N) is 1. The van der Waals surface area contributed by atoms with Crippen LogP contribution in [0.4, 0.5) is 0 Å². The topological polar surface area (TPSA) is 129 Å². The van der Waals surface area contributed by atoms with Crippen molar-refractivity contribution in [2.45, 2.75) is 23.5 Å². The zero-order valence-corrected chi connectivity index (χ0v) is 20.4. The molecule has 1 fully saturated rings. The Kier molecular flexibility index (Phi) is 7.68. The van der Waals surface area contributed by atoms with Gasteiger partial charge in [-0.25, -0.2) is 8.42 Å². The van der Waals surface area contributed by atoms with Gasteiger partial charge in [0.1, 0.15) is 18.9 Å². The second-order valence-corrected chi connectivity index (χ2v) is 10.2. The average Bonchev–Trinajstić information content (AvgIpc) is 3.33. The molecule has 0 saturated carbocycles. The first kappa shape index (κ1) is 25.4. The molecular formula is C26H27N3O6S. The molecule has 36 heavy (non-hydrogen) atoms. The van der Waals surface area contributed by atoms with Crippen molar-refractivity contribution in [1.82, 2.24) is 9.62 Å². The monoisotopic (exact) mass is 509 g/mol. The van der Waals surface area contributed by atoms with E-state index >= 15 is 0 Å². The van der Waals surface area contributed by atoms with E-state index in [4.69, 9.17) is 4.84 Å². The molecule has 0 spiro atoms. The van der Waals surface area contributed by atoms with Crippen LogP contribution in [0, 0.1) is 0 Å². The smallest absolute Gasteiger partial charge is 0.244 e. The number of carbonyl (C=O) groups is 1. The van der Waals surface area contributed by atoms with Crippen molar-refractivity contribution in [3.05, 3.63) is 84.4 Å². The zero-order chi connectivity index (χ0) is 25.7. The number of aliphatic hydroxyl groups excluding tert-OH is 1. The lowest BCUT2D eigenvalue weighted by atomic mass is 10.1. The molecule has 188 valence electrons. The molecule has 1 saturated heterocycles. The van der Waals surface area contributed by atoms with Crippen molar-refractivity contribution in [3.63, 3.8) is 0 Å². The highest BCUT2D eigenvalue weighted by atomic mass is 32.2. The molecule has 3 aromatic rings. The minimum absolute atomic E-state index is 0.0581. The lowest BCUT2D eigenvalue weighted by Crippen LogP contribution is -2.46. The van der Waals surface area contributed by atoms with Crippen LogP contribution in [-0.4, -0.2) is 60.8 Å². The molecule has 0 aromatic heterocycles. The number of nitrogens with zero attached hydrogens (tertiary/aromatic N) is 2. The summed E-state index contributed by atoms with van der Waals surface area (Å²) in [6.07, 6.45) is -0.963. The molecule has 4 rings (SSSR count). The first-order valence-corrected chi connectivity index (χ1v) is 12.7.